The molecule has 0 aromatic carbocycles. The Morgan fingerprint density at radius 2 is 2.22 bits per heavy atom. The van der Waals surface area contributed by atoms with E-state index < -0.39 is 0 Å². The van der Waals surface area contributed by atoms with Crippen molar-refractivity contribution in [3.63, 3.8) is 0 Å². The van der Waals surface area contributed by atoms with Gasteiger partial charge in [0.2, 0.25) is 5.91 Å². The molecule has 4 nitrogen and oxygen atoms in total. The molecule has 0 spiro atoms. The van der Waals surface area contributed by atoms with Crippen LogP contribution in [0.5, 0.6) is 0 Å². The van der Waals surface area contributed by atoms with E-state index in [2.05, 4.69) is 12.2 Å². The van der Waals surface area contributed by atoms with Crippen LogP contribution in [-0.2, 0) is 9.53 Å². The largest absolute Gasteiger partial charge is 0.381 e. The molecule has 1 amide bonds. The number of nitrogens with zero attached hydrogens (tertiary/aromatic N) is 1. The average Bonchev–Trinajstić information content (AvgIpc) is 3.13. The monoisotopic (exact) mass is 254 g/mol. The number of ether oxygens (including phenoxy) is 1. The van der Waals surface area contributed by atoms with Crippen LogP contribution < -0.4 is 5.32 Å². The summed E-state index contributed by atoms with van der Waals surface area (Å²) in [5.41, 5.74) is 0. The summed E-state index contributed by atoms with van der Waals surface area (Å²) in [7, 11) is 0. The molecular formula is C14H26N2O2. The first kappa shape index (κ1) is 13.8. The highest BCUT2D eigenvalue weighted by atomic mass is 16.5. The summed E-state index contributed by atoms with van der Waals surface area (Å²) < 4.78 is 5.59. The van der Waals surface area contributed by atoms with Gasteiger partial charge in [0.25, 0.3) is 0 Å². The normalized spacial score (nSPS) is 23.9. The molecule has 1 atom stereocenters. The van der Waals surface area contributed by atoms with Gasteiger partial charge in [0.15, 0.2) is 0 Å². The fraction of sp³-hybridized carbons (Fsp3) is 0.929. The molecule has 0 radical (unpaired) electrons. The standard InChI is InChI=1S/C14H26N2O2/c1-2-3-5-13-14(17)16(11-15-13)8-4-9-18-10-12-6-7-12/h12-13,15H,2-11H2,1H3. The van der Waals surface area contributed by atoms with Gasteiger partial charge in [-0.15, -0.1) is 0 Å². The Morgan fingerprint density at radius 3 is 2.94 bits per heavy atom. The predicted molar refractivity (Wildman–Crippen MR) is 71.2 cm³/mol. The van der Waals surface area contributed by atoms with Crippen molar-refractivity contribution in [2.45, 2.75) is 51.5 Å². The minimum absolute atomic E-state index is 0.0670. The molecule has 2 fully saturated rings. The molecule has 1 aliphatic heterocycles. The third kappa shape index (κ3) is 4.25. The van der Waals surface area contributed by atoms with Crippen molar-refractivity contribution in [3.05, 3.63) is 0 Å². The van der Waals surface area contributed by atoms with Crippen LogP contribution in [-0.4, -0.2) is 43.3 Å². The van der Waals surface area contributed by atoms with Gasteiger partial charge in [-0.1, -0.05) is 19.8 Å². The van der Waals surface area contributed by atoms with Crippen LogP contribution >= 0.6 is 0 Å². The van der Waals surface area contributed by atoms with Gasteiger partial charge in [-0.2, -0.15) is 0 Å². The lowest BCUT2D eigenvalue weighted by atomic mass is 10.1. The molecule has 18 heavy (non-hydrogen) atoms. The first-order chi connectivity index (χ1) is 8.81. The lowest BCUT2D eigenvalue weighted by Crippen LogP contribution is -2.31. The molecule has 1 heterocycles. The second kappa shape index (κ2) is 7.10. The van der Waals surface area contributed by atoms with E-state index in [1.165, 1.54) is 12.8 Å². The number of carbonyl (C=O) groups is 1. The maximum absolute atomic E-state index is 12.0. The highest BCUT2D eigenvalue weighted by molar-refractivity contribution is 5.83. The number of amides is 1. The second-order valence-corrected chi connectivity index (χ2v) is 5.53. The number of hydrogen-bond acceptors (Lipinski definition) is 3. The van der Waals surface area contributed by atoms with Crippen molar-refractivity contribution in [3.8, 4) is 0 Å². The quantitative estimate of drug-likeness (QED) is 0.637. The summed E-state index contributed by atoms with van der Waals surface area (Å²) in [6.07, 6.45) is 6.90. The van der Waals surface area contributed by atoms with Gasteiger partial charge in [0.1, 0.15) is 0 Å². The van der Waals surface area contributed by atoms with E-state index in [0.29, 0.717) is 0 Å². The Labute approximate surface area is 110 Å². The van der Waals surface area contributed by atoms with Gasteiger partial charge in [0, 0.05) is 19.8 Å². The first-order valence-electron chi connectivity index (χ1n) is 7.41. The molecule has 4 heteroatoms. The fourth-order valence-electron chi connectivity index (χ4n) is 2.32. The van der Waals surface area contributed by atoms with E-state index >= 15 is 0 Å². The number of nitrogens with one attached hydrogen (secondary N) is 1. The molecule has 0 aromatic heterocycles. The molecule has 1 N–H and O–H groups in total. The van der Waals surface area contributed by atoms with Crippen LogP contribution in [0, 0.1) is 5.92 Å². The van der Waals surface area contributed by atoms with Crippen molar-refractivity contribution in [1.82, 2.24) is 10.2 Å². The van der Waals surface area contributed by atoms with E-state index in [0.717, 1.165) is 58.0 Å². The zero-order valence-electron chi connectivity index (χ0n) is 11.5. The Hall–Kier alpha value is -0.610. The Morgan fingerprint density at radius 1 is 1.39 bits per heavy atom. The van der Waals surface area contributed by atoms with Crippen LogP contribution in [0.2, 0.25) is 0 Å². The second-order valence-electron chi connectivity index (χ2n) is 5.53. The van der Waals surface area contributed by atoms with Crippen LogP contribution in [0.1, 0.15) is 45.4 Å². The van der Waals surface area contributed by atoms with Gasteiger partial charge in [-0.3, -0.25) is 10.1 Å². The van der Waals surface area contributed by atoms with E-state index in [-0.39, 0.29) is 11.9 Å². The molecule has 1 saturated carbocycles. The average molecular weight is 254 g/mol. The highest BCUT2D eigenvalue weighted by Crippen LogP contribution is 2.28. The number of rotatable bonds is 9. The minimum Gasteiger partial charge on any atom is -0.381 e. The summed E-state index contributed by atoms with van der Waals surface area (Å²) >= 11 is 0. The Bertz CT molecular complexity index is 267. The first-order valence-corrected chi connectivity index (χ1v) is 7.41. The Kier molecular flexibility index (Phi) is 5.45. The summed E-state index contributed by atoms with van der Waals surface area (Å²) in [5, 5.41) is 3.30. The van der Waals surface area contributed by atoms with Crippen molar-refractivity contribution < 1.29 is 9.53 Å². The molecular weight excluding hydrogens is 228 g/mol. The zero-order chi connectivity index (χ0) is 12.8. The summed E-state index contributed by atoms with van der Waals surface area (Å²) in [5.74, 6) is 1.11. The van der Waals surface area contributed by atoms with E-state index in [1.54, 1.807) is 0 Å². The number of unbranched alkanes of at least 4 members (excludes halogenated alkanes) is 1. The lowest BCUT2D eigenvalue weighted by molar-refractivity contribution is -0.129. The number of carbonyl (C=O) groups excluding carboxylic acids is 1. The number of hydrogen-bond donors (Lipinski definition) is 1. The van der Waals surface area contributed by atoms with Gasteiger partial charge in [-0.05, 0) is 31.6 Å². The molecule has 104 valence electrons. The van der Waals surface area contributed by atoms with Gasteiger partial charge >= 0.3 is 0 Å². The highest BCUT2D eigenvalue weighted by Gasteiger charge is 2.29. The van der Waals surface area contributed by atoms with E-state index in [4.69, 9.17) is 4.74 Å². The van der Waals surface area contributed by atoms with Crippen LogP contribution in [0.4, 0.5) is 0 Å². The van der Waals surface area contributed by atoms with Gasteiger partial charge < -0.3 is 9.64 Å². The van der Waals surface area contributed by atoms with Crippen LogP contribution in [0.15, 0.2) is 0 Å². The van der Waals surface area contributed by atoms with Gasteiger partial charge in [0.05, 0.1) is 12.7 Å². The predicted octanol–water partition coefficient (Wildman–Crippen LogP) is 1.75. The van der Waals surface area contributed by atoms with Crippen LogP contribution in [0.3, 0.4) is 0 Å². The summed E-state index contributed by atoms with van der Waals surface area (Å²) in [6, 6.07) is 0.0670. The molecule has 1 unspecified atom stereocenters. The molecule has 2 rings (SSSR count). The van der Waals surface area contributed by atoms with Crippen LogP contribution in [0.25, 0.3) is 0 Å². The zero-order valence-corrected chi connectivity index (χ0v) is 11.5. The van der Waals surface area contributed by atoms with E-state index in [1.807, 2.05) is 4.90 Å². The lowest BCUT2D eigenvalue weighted by Gasteiger charge is -2.15. The minimum atomic E-state index is 0.0670. The summed E-state index contributed by atoms with van der Waals surface area (Å²) in [4.78, 5) is 13.9. The molecule has 0 bridgehead atoms. The van der Waals surface area contributed by atoms with Gasteiger partial charge in [-0.25, -0.2) is 0 Å². The van der Waals surface area contributed by atoms with E-state index in [9.17, 15) is 4.79 Å². The third-order valence-corrected chi connectivity index (χ3v) is 3.75. The molecule has 1 saturated heterocycles. The van der Waals surface area contributed by atoms with Crippen molar-refractivity contribution in [1.29, 1.82) is 0 Å². The Balaban J connectivity index is 1.54. The summed E-state index contributed by atoms with van der Waals surface area (Å²) in [6.45, 7) is 5.43. The van der Waals surface area contributed by atoms with Crippen molar-refractivity contribution in [2.75, 3.05) is 26.4 Å². The van der Waals surface area contributed by atoms with Crippen molar-refractivity contribution in [2.24, 2.45) is 5.92 Å². The van der Waals surface area contributed by atoms with Crippen molar-refractivity contribution >= 4 is 5.91 Å². The maximum Gasteiger partial charge on any atom is 0.240 e. The topological polar surface area (TPSA) is 41.6 Å². The molecule has 0 aromatic rings. The SMILES string of the molecule is CCCCC1NCN(CCCOCC2CC2)C1=O. The molecule has 1 aliphatic carbocycles. The fourth-order valence-corrected chi connectivity index (χ4v) is 2.32. The third-order valence-electron chi connectivity index (χ3n) is 3.75. The maximum atomic E-state index is 12.0. The smallest absolute Gasteiger partial charge is 0.240 e. The molecule has 2 aliphatic rings.